The summed E-state index contributed by atoms with van der Waals surface area (Å²) < 4.78 is 11.3. The van der Waals surface area contributed by atoms with E-state index in [9.17, 15) is 0 Å². The second-order valence-electron chi connectivity index (χ2n) is 8.70. The highest BCUT2D eigenvalue weighted by molar-refractivity contribution is 7.80. The SMILES string of the molecule is CCc1ccc(CN2C(=S)NC(c3cccc(OC)c3)C(c3nc(-c4ccccc4)no3)=C2C)cc1. The summed E-state index contributed by atoms with van der Waals surface area (Å²) >= 11 is 5.86. The third kappa shape index (κ3) is 4.75. The Morgan fingerprint density at radius 2 is 1.75 bits per heavy atom. The molecule has 5 rings (SSSR count). The zero-order valence-corrected chi connectivity index (χ0v) is 21.4. The number of thiocarbonyl (C=S) groups is 1. The topological polar surface area (TPSA) is 63.4 Å². The van der Waals surface area contributed by atoms with Crippen molar-refractivity contribution in [2.75, 3.05) is 7.11 Å². The molecule has 7 heteroatoms. The van der Waals surface area contributed by atoms with Gasteiger partial charge >= 0.3 is 0 Å². The van der Waals surface area contributed by atoms with E-state index in [0.717, 1.165) is 34.6 Å². The van der Waals surface area contributed by atoms with Crippen molar-refractivity contribution < 1.29 is 9.26 Å². The van der Waals surface area contributed by atoms with Crippen molar-refractivity contribution in [2.24, 2.45) is 0 Å². The predicted molar refractivity (Wildman–Crippen MR) is 145 cm³/mol. The summed E-state index contributed by atoms with van der Waals surface area (Å²) in [7, 11) is 1.66. The molecule has 0 aliphatic carbocycles. The molecule has 0 bridgehead atoms. The van der Waals surface area contributed by atoms with Crippen LogP contribution < -0.4 is 10.1 Å². The average molecular weight is 497 g/mol. The van der Waals surface area contributed by atoms with Crippen LogP contribution in [-0.4, -0.2) is 27.3 Å². The van der Waals surface area contributed by atoms with E-state index in [1.54, 1.807) is 7.11 Å². The van der Waals surface area contributed by atoms with E-state index >= 15 is 0 Å². The smallest absolute Gasteiger partial charge is 0.258 e. The monoisotopic (exact) mass is 496 g/mol. The zero-order valence-electron chi connectivity index (χ0n) is 20.6. The molecule has 3 aromatic carbocycles. The van der Waals surface area contributed by atoms with Gasteiger partial charge < -0.3 is 19.5 Å². The highest BCUT2D eigenvalue weighted by Crippen LogP contribution is 2.38. The Hall–Kier alpha value is -3.97. The number of aryl methyl sites for hydroxylation is 1. The quantitative estimate of drug-likeness (QED) is 0.307. The number of rotatable bonds is 7. The third-order valence-corrected chi connectivity index (χ3v) is 6.82. The molecule has 4 aromatic rings. The van der Waals surface area contributed by atoms with Crippen LogP contribution in [0.4, 0.5) is 0 Å². The minimum atomic E-state index is -0.268. The number of aromatic nitrogens is 2. The lowest BCUT2D eigenvalue weighted by atomic mass is 9.94. The lowest BCUT2D eigenvalue weighted by molar-refractivity contribution is 0.395. The molecule has 0 saturated heterocycles. The van der Waals surface area contributed by atoms with Crippen LogP contribution in [0.25, 0.3) is 17.0 Å². The zero-order chi connectivity index (χ0) is 25.1. The van der Waals surface area contributed by atoms with E-state index in [1.165, 1.54) is 11.1 Å². The summed E-state index contributed by atoms with van der Waals surface area (Å²) in [5.41, 5.74) is 6.23. The molecule has 1 aliphatic heterocycles. The molecule has 0 saturated carbocycles. The molecule has 182 valence electrons. The van der Waals surface area contributed by atoms with Crippen molar-refractivity contribution in [1.82, 2.24) is 20.4 Å². The van der Waals surface area contributed by atoms with Crippen LogP contribution in [0, 0.1) is 0 Å². The maximum atomic E-state index is 5.86. The Labute approximate surface area is 216 Å². The van der Waals surface area contributed by atoms with Gasteiger partial charge in [-0.05, 0) is 54.4 Å². The van der Waals surface area contributed by atoms with Crippen LogP contribution >= 0.6 is 12.2 Å². The van der Waals surface area contributed by atoms with Crippen molar-refractivity contribution in [3.63, 3.8) is 0 Å². The van der Waals surface area contributed by atoms with E-state index in [2.05, 4.69) is 53.5 Å². The van der Waals surface area contributed by atoms with Crippen LogP contribution in [0.3, 0.4) is 0 Å². The summed E-state index contributed by atoms with van der Waals surface area (Å²) in [6, 6.07) is 26.1. The van der Waals surface area contributed by atoms with Crippen LogP contribution in [0.2, 0.25) is 0 Å². The number of benzene rings is 3. The van der Waals surface area contributed by atoms with Crippen LogP contribution in [0.1, 0.15) is 42.5 Å². The van der Waals surface area contributed by atoms with E-state index in [-0.39, 0.29) is 6.04 Å². The maximum absolute atomic E-state index is 5.86. The molecule has 1 aromatic heterocycles. The number of ether oxygens (including phenoxy) is 1. The first-order valence-electron chi connectivity index (χ1n) is 12.0. The Balaban J connectivity index is 1.58. The molecule has 1 unspecified atom stereocenters. The number of hydrogen-bond acceptors (Lipinski definition) is 5. The molecule has 2 heterocycles. The van der Waals surface area contributed by atoms with Gasteiger partial charge in [-0.1, -0.05) is 78.8 Å². The standard InChI is InChI=1S/C29H28N4O2S/c1-4-20-13-15-21(16-14-20)18-33-19(2)25(28-31-27(32-35-28)22-9-6-5-7-10-22)26(30-29(33)36)23-11-8-12-24(17-23)34-3/h5-17,26H,4,18H2,1-3H3,(H,30,36). The predicted octanol–water partition coefficient (Wildman–Crippen LogP) is 6.17. The van der Waals surface area contributed by atoms with Crippen LogP contribution in [-0.2, 0) is 13.0 Å². The molecule has 0 amide bonds. The fourth-order valence-electron chi connectivity index (χ4n) is 4.42. The maximum Gasteiger partial charge on any atom is 0.258 e. The summed E-state index contributed by atoms with van der Waals surface area (Å²) in [5.74, 6) is 1.77. The van der Waals surface area contributed by atoms with Crippen LogP contribution in [0.15, 0.2) is 89.1 Å². The Kier molecular flexibility index (Phi) is 6.82. The number of nitrogens with one attached hydrogen (secondary N) is 1. The molecule has 1 atom stereocenters. The fraction of sp³-hybridized carbons (Fsp3) is 0.207. The van der Waals surface area contributed by atoms with Gasteiger partial charge in [-0.15, -0.1) is 0 Å². The highest BCUT2D eigenvalue weighted by atomic mass is 32.1. The van der Waals surface area contributed by atoms with E-state index in [1.807, 2.05) is 54.6 Å². The number of allylic oxidation sites excluding steroid dienone is 1. The molecule has 0 fully saturated rings. The molecule has 1 aliphatic rings. The minimum Gasteiger partial charge on any atom is -0.497 e. The second kappa shape index (κ2) is 10.3. The lowest BCUT2D eigenvalue weighted by Gasteiger charge is -2.37. The highest BCUT2D eigenvalue weighted by Gasteiger charge is 2.34. The third-order valence-electron chi connectivity index (χ3n) is 6.48. The van der Waals surface area contributed by atoms with Crippen molar-refractivity contribution in [2.45, 2.75) is 32.9 Å². The van der Waals surface area contributed by atoms with Gasteiger partial charge in [-0.3, -0.25) is 0 Å². The fourth-order valence-corrected chi connectivity index (χ4v) is 4.74. The van der Waals surface area contributed by atoms with Gasteiger partial charge in [0.2, 0.25) is 5.82 Å². The summed E-state index contributed by atoms with van der Waals surface area (Å²) in [5, 5.41) is 8.45. The molecule has 0 spiro atoms. The minimum absolute atomic E-state index is 0.268. The number of nitrogens with zero attached hydrogens (tertiary/aromatic N) is 3. The van der Waals surface area contributed by atoms with Crippen LogP contribution in [0.5, 0.6) is 5.75 Å². The molecule has 1 N–H and O–H groups in total. The second-order valence-corrected chi connectivity index (χ2v) is 9.09. The first-order valence-corrected chi connectivity index (χ1v) is 12.4. The number of methoxy groups -OCH3 is 1. The van der Waals surface area contributed by atoms with E-state index in [4.69, 9.17) is 26.5 Å². The van der Waals surface area contributed by atoms with Gasteiger partial charge in [0.25, 0.3) is 5.89 Å². The van der Waals surface area contributed by atoms with E-state index < -0.39 is 0 Å². The Morgan fingerprint density at radius 3 is 2.47 bits per heavy atom. The average Bonchev–Trinajstić information content (AvgIpc) is 3.41. The van der Waals surface area contributed by atoms with E-state index in [0.29, 0.717) is 23.4 Å². The van der Waals surface area contributed by atoms with Crippen molar-refractivity contribution in [1.29, 1.82) is 0 Å². The molecule has 6 nitrogen and oxygen atoms in total. The lowest BCUT2D eigenvalue weighted by Crippen LogP contribution is -2.45. The Morgan fingerprint density at radius 1 is 1.00 bits per heavy atom. The van der Waals surface area contributed by atoms with Gasteiger partial charge in [0.1, 0.15) is 5.75 Å². The molecule has 0 radical (unpaired) electrons. The van der Waals surface area contributed by atoms with Gasteiger partial charge in [-0.25, -0.2) is 0 Å². The summed E-state index contributed by atoms with van der Waals surface area (Å²) in [4.78, 5) is 6.88. The number of hydrogen-bond donors (Lipinski definition) is 1. The summed E-state index contributed by atoms with van der Waals surface area (Å²) in [6.45, 7) is 4.85. The Bertz CT molecular complexity index is 1400. The molecular formula is C29H28N4O2S. The van der Waals surface area contributed by atoms with Crippen molar-refractivity contribution in [3.05, 3.63) is 107 Å². The first kappa shape index (κ1) is 23.8. The summed E-state index contributed by atoms with van der Waals surface area (Å²) in [6.07, 6.45) is 1.01. The molecule has 36 heavy (non-hydrogen) atoms. The van der Waals surface area contributed by atoms with Gasteiger partial charge in [-0.2, -0.15) is 4.98 Å². The largest absolute Gasteiger partial charge is 0.497 e. The van der Waals surface area contributed by atoms with Crippen molar-refractivity contribution in [3.8, 4) is 17.1 Å². The van der Waals surface area contributed by atoms with Gasteiger partial charge in [0.15, 0.2) is 5.11 Å². The molecular weight excluding hydrogens is 468 g/mol. The normalized spacial score (nSPS) is 15.7. The van der Waals surface area contributed by atoms with Gasteiger partial charge in [0.05, 0.1) is 18.7 Å². The van der Waals surface area contributed by atoms with Gasteiger partial charge in [0, 0.05) is 17.8 Å². The first-order chi connectivity index (χ1) is 17.6. The van der Waals surface area contributed by atoms with Crippen molar-refractivity contribution >= 4 is 22.9 Å².